The third-order valence-electron chi connectivity index (χ3n) is 5.90. The minimum absolute atomic E-state index is 0.494. The van der Waals surface area contributed by atoms with E-state index in [2.05, 4.69) is 66.0 Å². The van der Waals surface area contributed by atoms with E-state index in [1.807, 2.05) is 30.7 Å². The summed E-state index contributed by atoms with van der Waals surface area (Å²) in [6.07, 6.45) is 3.93. The van der Waals surface area contributed by atoms with Gasteiger partial charge in [-0.15, -0.1) is 11.8 Å². The van der Waals surface area contributed by atoms with Gasteiger partial charge in [-0.05, 0) is 54.8 Å². The van der Waals surface area contributed by atoms with Gasteiger partial charge in [-0.25, -0.2) is 0 Å². The van der Waals surface area contributed by atoms with Crippen molar-refractivity contribution in [3.8, 4) is 0 Å². The van der Waals surface area contributed by atoms with Gasteiger partial charge in [0.15, 0.2) is 5.65 Å². The Morgan fingerprint density at radius 3 is 2.62 bits per heavy atom. The standard InChI is InChI=1S/C24H24N8OS/c1-34-23-20-21(26-17-4-7-19-15(14-17)8-9-25-19)28-24(29-22(20)30-31-23)27-16-2-5-18(6-3-16)32-10-12-33-13-11-32/h2-9,14,25H,10-13H2,1H3,(H3,26,27,28,29,30,31). The predicted molar refractivity (Wildman–Crippen MR) is 138 cm³/mol. The summed E-state index contributed by atoms with van der Waals surface area (Å²) >= 11 is 1.56. The van der Waals surface area contributed by atoms with Gasteiger partial charge in [-0.3, -0.25) is 5.10 Å². The lowest BCUT2D eigenvalue weighted by Gasteiger charge is -2.28. The summed E-state index contributed by atoms with van der Waals surface area (Å²) in [6, 6.07) is 16.5. The van der Waals surface area contributed by atoms with E-state index in [1.165, 1.54) is 5.69 Å². The quantitative estimate of drug-likeness (QED) is 0.259. The molecular formula is C24H24N8OS. The molecule has 1 fully saturated rings. The van der Waals surface area contributed by atoms with Crippen molar-refractivity contribution < 1.29 is 4.74 Å². The van der Waals surface area contributed by atoms with Crippen molar-refractivity contribution in [3.63, 3.8) is 0 Å². The zero-order chi connectivity index (χ0) is 22.9. The van der Waals surface area contributed by atoms with Gasteiger partial charge in [0.2, 0.25) is 5.95 Å². The molecule has 0 saturated carbocycles. The highest BCUT2D eigenvalue weighted by atomic mass is 32.2. The molecule has 0 aliphatic carbocycles. The fourth-order valence-corrected chi connectivity index (χ4v) is 4.71. The molecule has 0 spiro atoms. The van der Waals surface area contributed by atoms with Crippen LogP contribution in [0, 0.1) is 0 Å². The Morgan fingerprint density at radius 1 is 0.971 bits per heavy atom. The average molecular weight is 473 g/mol. The van der Waals surface area contributed by atoms with E-state index < -0.39 is 0 Å². The maximum atomic E-state index is 5.45. The van der Waals surface area contributed by atoms with Crippen molar-refractivity contribution in [3.05, 3.63) is 54.7 Å². The van der Waals surface area contributed by atoms with Crippen LogP contribution in [0.3, 0.4) is 0 Å². The Bertz CT molecular complexity index is 1440. The number of nitrogens with zero attached hydrogens (tertiary/aromatic N) is 4. The zero-order valence-corrected chi connectivity index (χ0v) is 19.4. The number of H-pyrrole nitrogens is 2. The molecule has 1 saturated heterocycles. The third kappa shape index (κ3) is 4.02. The second-order valence-electron chi connectivity index (χ2n) is 8.03. The molecule has 1 aliphatic heterocycles. The zero-order valence-electron chi connectivity index (χ0n) is 18.6. The molecule has 4 N–H and O–H groups in total. The van der Waals surface area contributed by atoms with E-state index in [0.29, 0.717) is 17.4 Å². The number of fused-ring (bicyclic) bond motifs is 2. The first-order valence-electron chi connectivity index (χ1n) is 11.1. The van der Waals surface area contributed by atoms with Crippen molar-refractivity contribution >= 4 is 62.5 Å². The van der Waals surface area contributed by atoms with Crippen LogP contribution in [0.1, 0.15) is 0 Å². The van der Waals surface area contributed by atoms with Crippen LogP contribution in [0.15, 0.2) is 59.8 Å². The number of aromatic nitrogens is 5. The molecule has 3 aromatic heterocycles. The highest BCUT2D eigenvalue weighted by Gasteiger charge is 2.16. The van der Waals surface area contributed by atoms with Crippen LogP contribution in [-0.4, -0.2) is 57.7 Å². The number of ether oxygens (including phenoxy) is 1. The summed E-state index contributed by atoms with van der Waals surface area (Å²) < 4.78 is 5.45. The molecule has 1 aliphatic rings. The van der Waals surface area contributed by atoms with Crippen molar-refractivity contribution in [1.82, 2.24) is 25.1 Å². The minimum Gasteiger partial charge on any atom is -0.378 e. The first-order valence-corrected chi connectivity index (χ1v) is 12.3. The van der Waals surface area contributed by atoms with Crippen LogP contribution >= 0.6 is 11.8 Å². The molecule has 34 heavy (non-hydrogen) atoms. The molecule has 10 heteroatoms. The van der Waals surface area contributed by atoms with Crippen molar-refractivity contribution in [2.24, 2.45) is 0 Å². The summed E-state index contributed by atoms with van der Waals surface area (Å²) in [5.41, 5.74) is 4.82. The third-order valence-corrected chi connectivity index (χ3v) is 6.58. The smallest absolute Gasteiger partial charge is 0.231 e. The number of thioether (sulfide) groups is 1. The van der Waals surface area contributed by atoms with Crippen LogP contribution in [0.2, 0.25) is 0 Å². The van der Waals surface area contributed by atoms with Crippen LogP contribution in [0.5, 0.6) is 0 Å². The normalized spacial score (nSPS) is 14.1. The Labute approximate surface area is 200 Å². The van der Waals surface area contributed by atoms with Gasteiger partial charge in [-0.1, -0.05) is 0 Å². The number of morpholine rings is 1. The van der Waals surface area contributed by atoms with E-state index in [-0.39, 0.29) is 0 Å². The summed E-state index contributed by atoms with van der Waals surface area (Å²) in [4.78, 5) is 15.0. The molecule has 4 heterocycles. The Hall–Kier alpha value is -3.76. The lowest BCUT2D eigenvalue weighted by molar-refractivity contribution is 0.122. The van der Waals surface area contributed by atoms with Crippen LogP contribution in [0.25, 0.3) is 21.9 Å². The molecule has 0 radical (unpaired) electrons. The van der Waals surface area contributed by atoms with E-state index in [0.717, 1.165) is 59.0 Å². The summed E-state index contributed by atoms with van der Waals surface area (Å²) in [7, 11) is 0. The fourth-order valence-electron chi connectivity index (χ4n) is 4.17. The van der Waals surface area contributed by atoms with E-state index in [4.69, 9.17) is 9.72 Å². The van der Waals surface area contributed by atoms with Crippen molar-refractivity contribution in [2.45, 2.75) is 5.03 Å². The second-order valence-corrected chi connectivity index (χ2v) is 8.82. The number of anilines is 5. The van der Waals surface area contributed by atoms with E-state index in [9.17, 15) is 0 Å². The largest absolute Gasteiger partial charge is 0.378 e. The predicted octanol–water partition coefficient (Wildman–Crippen LogP) is 4.88. The number of rotatable bonds is 6. The van der Waals surface area contributed by atoms with Crippen LogP contribution in [-0.2, 0) is 4.74 Å². The van der Waals surface area contributed by atoms with Gasteiger partial charge in [0.1, 0.15) is 10.8 Å². The van der Waals surface area contributed by atoms with Gasteiger partial charge in [0.25, 0.3) is 0 Å². The first-order chi connectivity index (χ1) is 16.8. The number of aromatic amines is 2. The SMILES string of the molecule is CSc1n[nH]c2nc(Nc3ccc(N4CCOCC4)cc3)nc(Nc3ccc4[nH]ccc4c3)c12. The fraction of sp³-hybridized carbons (Fsp3) is 0.208. The molecule has 6 rings (SSSR count). The number of nitrogens with one attached hydrogen (secondary N) is 4. The molecule has 5 aromatic rings. The molecule has 172 valence electrons. The lowest BCUT2D eigenvalue weighted by Crippen LogP contribution is -2.36. The Balaban J connectivity index is 1.31. The molecule has 0 atom stereocenters. The lowest BCUT2D eigenvalue weighted by atomic mass is 10.2. The highest BCUT2D eigenvalue weighted by Crippen LogP contribution is 2.32. The Morgan fingerprint density at radius 2 is 1.79 bits per heavy atom. The Kier molecular flexibility index (Phi) is 5.44. The first kappa shape index (κ1) is 20.8. The van der Waals surface area contributed by atoms with Crippen LogP contribution in [0.4, 0.5) is 28.8 Å². The maximum absolute atomic E-state index is 5.45. The second kappa shape index (κ2) is 8.88. The molecule has 9 nitrogen and oxygen atoms in total. The highest BCUT2D eigenvalue weighted by molar-refractivity contribution is 7.98. The van der Waals surface area contributed by atoms with Crippen LogP contribution < -0.4 is 15.5 Å². The molecule has 0 bridgehead atoms. The van der Waals surface area contributed by atoms with Crippen molar-refractivity contribution in [2.75, 3.05) is 48.1 Å². The van der Waals surface area contributed by atoms with E-state index in [1.54, 1.807) is 11.8 Å². The maximum Gasteiger partial charge on any atom is 0.231 e. The summed E-state index contributed by atoms with van der Waals surface area (Å²) in [5.74, 6) is 1.19. The van der Waals surface area contributed by atoms with Gasteiger partial charge >= 0.3 is 0 Å². The van der Waals surface area contributed by atoms with Gasteiger partial charge in [0, 0.05) is 47.3 Å². The van der Waals surface area contributed by atoms with Gasteiger partial charge in [0.05, 0.1) is 18.6 Å². The summed E-state index contributed by atoms with van der Waals surface area (Å²) in [6.45, 7) is 3.35. The molecular weight excluding hydrogens is 448 g/mol. The minimum atomic E-state index is 0.494. The number of hydrogen-bond donors (Lipinski definition) is 4. The van der Waals surface area contributed by atoms with Gasteiger partial charge in [-0.2, -0.15) is 15.1 Å². The van der Waals surface area contributed by atoms with E-state index >= 15 is 0 Å². The topological polar surface area (TPSA) is 107 Å². The summed E-state index contributed by atoms with van der Waals surface area (Å²) in [5, 5.41) is 17.1. The monoisotopic (exact) mass is 472 g/mol. The number of hydrogen-bond acceptors (Lipinski definition) is 8. The molecule has 0 unspecified atom stereocenters. The average Bonchev–Trinajstić information content (AvgIpc) is 3.51. The van der Waals surface area contributed by atoms with Gasteiger partial charge < -0.3 is 25.3 Å². The number of benzene rings is 2. The molecule has 2 aromatic carbocycles. The molecule has 0 amide bonds. The van der Waals surface area contributed by atoms with Crippen molar-refractivity contribution in [1.29, 1.82) is 0 Å².